The molecule has 8 nitrogen and oxygen atoms in total. The second-order valence-corrected chi connectivity index (χ2v) is 6.74. The molecule has 0 aliphatic rings. The molecule has 0 saturated carbocycles. The summed E-state index contributed by atoms with van der Waals surface area (Å²) in [5, 5.41) is 20.2. The zero-order chi connectivity index (χ0) is 22.3. The molecule has 0 saturated heterocycles. The van der Waals surface area contributed by atoms with E-state index >= 15 is 0 Å². The molecule has 0 aliphatic heterocycles. The Morgan fingerprint density at radius 3 is 2.12 bits per heavy atom. The number of benzene rings is 4. The molecule has 8 heteroatoms. The summed E-state index contributed by atoms with van der Waals surface area (Å²) in [6.07, 6.45) is 0. The lowest BCUT2D eigenvalue weighted by atomic mass is 10.0. The topological polar surface area (TPSA) is 122 Å². The lowest BCUT2D eigenvalue weighted by Crippen LogP contribution is -2.12. The summed E-state index contributed by atoms with van der Waals surface area (Å²) in [5.74, 6) is -0.754. The van der Waals surface area contributed by atoms with Crippen LogP contribution in [0.25, 0.3) is 10.8 Å². The van der Waals surface area contributed by atoms with Crippen molar-refractivity contribution < 1.29 is 9.59 Å². The van der Waals surface area contributed by atoms with Crippen molar-refractivity contribution in [2.45, 2.75) is 0 Å². The minimum Gasteiger partial charge on any atom is -0.365 e. The second kappa shape index (κ2) is 9.40. The van der Waals surface area contributed by atoms with Crippen LogP contribution >= 0.6 is 0 Å². The third-order valence-corrected chi connectivity index (χ3v) is 4.54. The van der Waals surface area contributed by atoms with Crippen LogP contribution in [0, 0.1) is 0 Å². The number of carbonyl (C=O) groups is 2. The van der Waals surface area contributed by atoms with Crippen molar-refractivity contribution in [3.63, 3.8) is 0 Å². The fourth-order valence-electron chi connectivity index (χ4n) is 3.11. The first-order valence-corrected chi connectivity index (χ1v) is 9.72. The largest absolute Gasteiger partial charge is 0.365 e. The summed E-state index contributed by atoms with van der Waals surface area (Å²) in [7, 11) is 0. The van der Waals surface area contributed by atoms with Gasteiger partial charge in [-0.3, -0.25) is 4.79 Å². The monoisotopic (exact) mass is 422 g/mol. The van der Waals surface area contributed by atoms with Crippen molar-refractivity contribution in [1.82, 2.24) is 0 Å². The minimum absolute atomic E-state index is 0.0274. The molecule has 156 valence electrons. The standard InChI is InChI=1S/C24H18N6O2/c25-23(31)21-20(28-30-24(32)26-17-10-3-1-4-11-17)15-16-9-7-8-14-19(16)22(21)29-27-18-12-5-2-6-13-18/h1-15H,(H2,25,31)(H,26,32). The van der Waals surface area contributed by atoms with Gasteiger partial charge in [0, 0.05) is 11.1 Å². The molecule has 0 spiro atoms. The van der Waals surface area contributed by atoms with Crippen LogP contribution < -0.4 is 11.1 Å². The first-order valence-electron chi connectivity index (χ1n) is 9.72. The summed E-state index contributed by atoms with van der Waals surface area (Å²) < 4.78 is 0. The highest BCUT2D eigenvalue weighted by molar-refractivity contribution is 6.11. The van der Waals surface area contributed by atoms with E-state index in [0.717, 1.165) is 5.39 Å². The normalized spacial score (nSPS) is 11.2. The van der Waals surface area contributed by atoms with Crippen LogP contribution in [0.1, 0.15) is 10.4 Å². The van der Waals surface area contributed by atoms with E-state index in [1.165, 1.54) is 0 Å². The molecule has 3 N–H and O–H groups in total. The second-order valence-electron chi connectivity index (χ2n) is 6.74. The molecule has 0 atom stereocenters. The van der Waals surface area contributed by atoms with E-state index in [9.17, 15) is 9.59 Å². The average Bonchev–Trinajstić information content (AvgIpc) is 2.82. The molecule has 4 rings (SSSR count). The maximum absolute atomic E-state index is 12.4. The maximum atomic E-state index is 12.4. The van der Waals surface area contributed by atoms with E-state index in [4.69, 9.17) is 5.73 Å². The van der Waals surface area contributed by atoms with Crippen molar-refractivity contribution in [3.8, 4) is 0 Å². The highest BCUT2D eigenvalue weighted by Crippen LogP contribution is 2.38. The number of rotatable bonds is 5. The lowest BCUT2D eigenvalue weighted by molar-refractivity contribution is 0.100. The molecule has 0 fully saturated rings. The van der Waals surface area contributed by atoms with Crippen molar-refractivity contribution >= 4 is 45.5 Å². The number of primary amides is 1. The Balaban J connectivity index is 1.77. The van der Waals surface area contributed by atoms with Gasteiger partial charge in [0.2, 0.25) is 0 Å². The molecule has 0 heterocycles. The molecular formula is C24H18N6O2. The Labute approximate surface area is 183 Å². The zero-order valence-electron chi connectivity index (χ0n) is 16.8. The summed E-state index contributed by atoms with van der Waals surface area (Å²) in [5.41, 5.74) is 7.26. The van der Waals surface area contributed by atoms with Gasteiger partial charge in [0.25, 0.3) is 5.91 Å². The van der Waals surface area contributed by atoms with E-state index in [0.29, 0.717) is 16.8 Å². The van der Waals surface area contributed by atoms with Crippen LogP contribution in [0.15, 0.2) is 111 Å². The zero-order valence-corrected chi connectivity index (χ0v) is 16.8. The number of fused-ring (bicyclic) bond motifs is 1. The number of hydrogen-bond donors (Lipinski definition) is 2. The predicted octanol–water partition coefficient (Wildman–Crippen LogP) is 6.67. The van der Waals surface area contributed by atoms with Gasteiger partial charge in [-0.05, 0) is 35.7 Å². The molecule has 32 heavy (non-hydrogen) atoms. The number of azo groups is 2. The summed E-state index contributed by atoms with van der Waals surface area (Å²) in [6.45, 7) is 0. The predicted molar refractivity (Wildman–Crippen MR) is 123 cm³/mol. The highest BCUT2D eigenvalue weighted by Gasteiger charge is 2.18. The summed E-state index contributed by atoms with van der Waals surface area (Å²) >= 11 is 0. The van der Waals surface area contributed by atoms with Crippen LogP contribution in [0.4, 0.5) is 27.5 Å². The van der Waals surface area contributed by atoms with Crippen molar-refractivity contribution in [1.29, 1.82) is 0 Å². The Morgan fingerprint density at radius 1 is 0.750 bits per heavy atom. The quantitative estimate of drug-likeness (QED) is 0.349. The molecule has 0 aromatic heterocycles. The van der Waals surface area contributed by atoms with Crippen LogP contribution in [-0.2, 0) is 0 Å². The number of carbonyl (C=O) groups excluding carboxylic acids is 2. The van der Waals surface area contributed by atoms with Gasteiger partial charge in [-0.25, -0.2) is 4.79 Å². The smallest absolute Gasteiger partial charge is 0.364 e. The fraction of sp³-hybridized carbons (Fsp3) is 0. The van der Waals surface area contributed by atoms with E-state index < -0.39 is 11.9 Å². The first kappa shape index (κ1) is 20.5. The molecule has 3 amide bonds. The molecule has 0 unspecified atom stereocenters. The summed E-state index contributed by atoms with van der Waals surface area (Å²) in [4.78, 5) is 24.5. The van der Waals surface area contributed by atoms with Gasteiger partial charge in [0.05, 0.1) is 11.3 Å². The first-order chi connectivity index (χ1) is 15.6. The van der Waals surface area contributed by atoms with E-state index in [2.05, 4.69) is 25.8 Å². The number of nitrogens with one attached hydrogen (secondary N) is 1. The number of para-hydroxylation sites is 1. The van der Waals surface area contributed by atoms with Gasteiger partial charge in [0.1, 0.15) is 11.4 Å². The number of nitrogens with zero attached hydrogens (tertiary/aromatic N) is 4. The van der Waals surface area contributed by atoms with Crippen LogP contribution in [0.2, 0.25) is 0 Å². The van der Waals surface area contributed by atoms with Gasteiger partial charge in [-0.2, -0.15) is 5.11 Å². The van der Waals surface area contributed by atoms with Crippen molar-refractivity contribution in [2.24, 2.45) is 26.2 Å². The van der Waals surface area contributed by atoms with Gasteiger partial charge in [-0.15, -0.1) is 10.2 Å². The molecular weight excluding hydrogens is 404 g/mol. The number of amides is 3. The molecule has 4 aromatic rings. The molecule has 0 bridgehead atoms. The Bertz CT molecular complexity index is 1330. The lowest BCUT2D eigenvalue weighted by Gasteiger charge is -2.09. The SMILES string of the molecule is NC(=O)c1c(N=NC(=O)Nc2ccccc2)cc2ccccc2c1N=Nc1ccccc1. The highest BCUT2D eigenvalue weighted by atomic mass is 16.2. The van der Waals surface area contributed by atoms with Gasteiger partial charge >= 0.3 is 6.03 Å². The summed E-state index contributed by atoms with van der Waals surface area (Å²) in [6, 6.07) is 26.2. The fourth-order valence-corrected chi connectivity index (χ4v) is 3.11. The van der Waals surface area contributed by atoms with Crippen molar-refractivity contribution in [2.75, 3.05) is 5.32 Å². The number of urea groups is 1. The van der Waals surface area contributed by atoms with Crippen LogP contribution in [-0.4, -0.2) is 11.9 Å². The maximum Gasteiger partial charge on any atom is 0.364 e. The van der Waals surface area contributed by atoms with Gasteiger partial charge < -0.3 is 11.1 Å². The van der Waals surface area contributed by atoms with Crippen molar-refractivity contribution in [3.05, 3.63) is 96.6 Å². The number of nitrogens with two attached hydrogens (primary N) is 1. The Kier molecular flexibility index (Phi) is 6.03. The van der Waals surface area contributed by atoms with E-state index in [-0.39, 0.29) is 16.9 Å². The van der Waals surface area contributed by atoms with Crippen LogP contribution in [0.5, 0.6) is 0 Å². The molecule has 4 aromatic carbocycles. The number of hydrogen-bond acceptors (Lipinski definition) is 5. The van der Waals surface area contributed by atoms with E-state index in [1.54, 1.807) is 42.5 Å². The average molecular weight is 422 g/mol. The van der Waals surface area contributed by atoms with Crippen LogP contribution in [0.3, 0.4) is 0 Å². The third-order valence-electron chi connectivity index (χ3n) is 4.54. The third kappa shape index (κ3) is 4.71. The minimum atomic E-state index is -0.754. The molecule has 0 aliphatic carbocycles. The Morgan fingerprint density at radius 2 is 1.41 bits per heavy atom. The van der Waals surface area contributed by atoms with Gasteiger partial charge in [-0.1, -0.05) is 65.8 Å². The number of anilines is 1. The van der Waals surface area contributed by atoms with E-state index in [1.807, 2.05) is 48.5 Å². The molecule has 0 radical (unpaired) electrons. The van der Waals surface area contributed by atoms with Gasteiger partial charge in [0.15, 0.2) is 0 Å². The Hall–Kier alpha value is -4.72.